The lowest BCUT2D eigenvalue weighted by Crippen LogP contribution is -1.98. The second-order valence-electron chi connectivity index (χ2n) is 8.69. The average Bonchev–Trinajstić information content (AvgIpc) is 2.75. The van der Waals surface area contributed by atoms with Crippen LogP contribution in [0, 0.1) is 0 Å². The number of ketones is 1. The predicted molar refractivity (Wildman–Crippen MR) is 126 cm³/mol. The lowest BCUT2D eigenvalue weighted by atomic mass is 10.0. The first kappa shape index (κ1) is 26.4. The maximum absolute atomic E-state index is 12.0. The van der Waals surface area contributed by atoms with Gasteiger partial charge in [-0.1, -0.05) is 127 Å². The van der Waals surface area contributed by atoms with Gasteiger partial charge in [0.2, 0.25) is 0 Å². The molecule has 0 aliphatic carbocycles. The first-order valence-corrected chi connectivity index (χ1v) is 12.5. The van der Waals surface area contributed by atoms with Gasteiger partial charge in [0.05, 0.1) is 0 Å². The number of carboxylic acids is 1. The number of aliphatic carboxylic acids is 1. The van der Waals surface area contributed by atoms with Gasteiger partial charge in [0.25, 0.3) is 0 Å². The summed E-state index contributed by atoms with van der Waals surface area (Å²) in [4.78, 5) is 22.4. The number of carbonyl (C=O) groups is 2. The highest BCUT2D eigenvalue weighted by atomic mass is 16.4. The molecule has 0 amide bonds. The molecular formula is C27H44O3. The van der Waals surface area contributed by atoms with Crippen molar-refractivity contribution in [2.24, 2.45) is 0 Å². The summed E-state index contributed by atoms with van der Waals surface area (Å²) in [5, 5.41) is 8.59. The van der Waals surface area contributed by atoms with E-state index in [0.717, 1.165) is 24.8 Å². The molecule has 0 bridgehead atoms. The van der Waals surface area contributed by atoms with Crippen molar-refractivity contribution in [2.75, 3.05) is 0 Å². The van der Waals surface area contributed by atoms with Crippen LogP contribution in [-0.4, -0.2) is 16.9 Å². The molecule has 170 valence electrons. The Morgan fingerprint density at radius 1 is 0.500 bits per heavy atom. The molecule has 3 nitrogen and oxygen atoms in total. The van der Waals surface area contributed by atoms with E-state index in [2.05, 4.69) is 0 Å². The van der Waals surface area contributed by atoms with Crippen molar-refractivity contribution in [1.29, 1.82) is 0 Å². The molecule has 0 aromatic heterocycles. The number of hydrogen-bond donors (Lipinski definition) is 1. The van der Waals surface area contributed by atoms with E-state index >= 15 is 0 Å². The van der Waals surface area contributed by atoms with Gasteiger partial charge in [0.1, 0.15) is 0 Å². The lowest BCUT2D eigenvalue weighted by Gasteiger charge is -2.04. The van der Waals surface area contributed by atoms with E-state index in [9.17, 15) is 9.59 Å². The highest BCUT2D eigenvalue weighted by molar-refractivity contribution is 5.95. The van der Waals surface area contributed by atoms with Crippen molar-refractivity contribution in [3.63, 3.8) is 0 Å². The van der Waals surface area contributed by atoms with Crippen molar-refractivity contribution >= 4 is 11.8 Å². The number of unbranched alkanes of at least 4 members (excludes halogenated alkanes) is 16. The fourth-order valence-electron chi connectivity index (χ4n) is 3.98. The quantitative estimate of drug-likeness (QED) is 0.162. The average molecular weight is 417 g/mol. The van der Waals surface area contributed by atoms with E-state index in [1.54, 1.807) is 0 Å². The minimum atomic E-state index is -0.665. The monoisotopic (exact) mass is 416 g/mol. The number of carbonyl (C=O) groups excluding carboxylic acids is 1. The summed E-state index contributed by atoms with van der Waals surface area (Å²) in [7, 11) is 0. The molecular weight excluding hydrogens is 372 g/mol. The summed E-state index contributed by atoms with van der Waals surface area (Å²) in [5.74, 6) is -0.381. The number of benzene rings is 1. The SMILES string of the molecule is O=C(O)CCCCCCCCCCCCCCCCCCCC(=O)c1ccccc1. The van der Waals surface area contributed by atoms with Crippen molar-refractivity contribution < 1.29 is 14.7 Å². The molecule has 0 saturated carbocycles. The first-order valence-electron chi connectivity index (χ1n) is 12.5. The van der Waals surface area contributed by atoms with Crippen molar-refractivity contribution in [1.82, 2.24) is 0 Å². The van der Waals surface area contributed by atoms with Crippen LogP contribution in [0.15, 0.2) is 30.3 Å². The van der Waals surface area contributed by atoms with E-state index in [4.69, 9.17) is 5.11 Å². The Morgan fingerprint density at radius 2 is 0.833 bits per heavy atom. The van der Waals surface area contributed by atoms with Gasteiger partial charge < -0.3 is 5.11 Å². The van der Waals surface area contributed by atoms with Crippen molar-refractivity contribution in [3.8, 4) is 0 Å². The fourth-order valence-corrected chi connectivity index (χ4v) is 3.98. The first-order chi connectivity index (χ1) is 14.7. The van der Waals surface area contributed by atoms with E-state index in [0.29, 0.717) is 12.8 Å². The van der Waals surface area contributed by atoms with Gasteiger partial charge in [0.15, 0.2) is 5.78 Å². The Bertz CT molecular complexity index is 538. The maximum Gasteiger partial charge on any atom is 0.303 e. The largest absolute Gasteiger partial charge is 0.481 e. The van der Waals surface area contributed by atoms with Gasteiger partial charge in [0, 0.05) is 18.4 Å². The molecule has 0 radical (unpaired) electrons. The predicted octanol–water partition coefficient (Wildman–Crippen LogP) is 8.37. The van der Waals surface area contributed by atoms with Gasteiger partial charge in [-0.25, -0.2) is 0 Å². The molecule has 0 heterocycles. The fraction of sp³-hybridized carbons (Fsp3) is 0.704. The Balaban J connectivity index is 1.73. The molecule has 1 rings (SSSR count). The minimum Gasteiger partial charge on any atom is -0.481 e. The number of carboxylic acid groups (broad SMARTS) is 1. The Hall–Kier alpha value is -1.64. The molecule has 1 N–H and O–H groups in total. The van der Waals surface area contributed by atoms with E-state index < -0.39 is 5.97 Å². The number of hydrogen-bond acceptors (Lipinski definition) is 2. The summed E-state index contributed by atoms with van der Waals surface area (Å²) in [6.45, 7) is 0. The van der Waals surface area contributed by atoms with Crippen LogP contribution in [0.3, 0.4) is 0 Å². The van der Waals surface area contributed by atoms with Gasteiger partial charge in [-0.3, -0.25) is 9.59 Å². The summed E-state index contributed by atoms with van der Waals surface area (Å²) >= 11 is 0. The Morgan fingerprint density at radius 3 is 1.20 bits per heavy atom. The van der Waals surface area contributed by atoms with Gasteiger partial charge >= 0.3 is 5.97 Å². The summed E-state index contributed by atoms with van der Waals surface area (Å²) in [6.07, 6.45) is 22.4. The standard InChI is InChI=1S/C27H44O3/c28-26(25-21-17-16-18-22-25)23-19-14-12-10-8-6-4-2-1-3-5-7-9-11-13-15-20-24-27(29)30/h16-18,21-22H,1-15,19-20,23-24H2,(H,29,30). The lowest BCUT2D eigenvalue weighted by molar-refractivity contribution is -0.137. The molecule has 0 aliphatic rings. The number of Topliss-reactive ketones (excluding diaryl/α,β-unsaturated/α-hetero) is 1. The van der Waals surface area contributed by atoms with E-state index in [1.165, 1.54) is 89.9 Å². The van der Waals surface area contributed by atoms with Gasteiger partial charge in [-0.2, -0.15) is 0 Å². The maximum atomic E-state index is 12.0. The molecule has 0 fully saturated rings. The topological polar surface area (TPSA) is 54.4 Å². The molecule has 30 heavy (non-hydrogen) atoms. The van der Waals surface area contributed by atoms with Crippen LogP contribution in [0.1, 0.15) is 132 Å². The molecule has 3 heteroatoms. The molecule has 0 atom stereocenters. The van der Waals surface area contributed by atoms with Crippen molar-refractivity contribution in [3.05, 3.63) is 35.9 Å². The molecule has 1 aromatic carbocycles. The van der Waals surface area contributed by atoms with E-state index in [-0.39, 0.29) is 5.78 Å². The molecule has 0 aliphatic heterocycles. The van der Waals surface area contributed by atoms with Crippen LogP contribution in [0.2, 0.25) is 0 Å². The second-order valence-corrected chi connectivity index (χ2v) is 8.69. The van der Waals surface area contributed by atoms with Crippen LogP contribution < -0.4 is 0 Å². The van der Waals surface area contributed by atoms with Crippen LogP contribution in [0.25, 0.3) is 0 Å². The van der Waals surface area contributed by atoms with Gasteiger partial charge in [-0.15, -0.1) is 0 Å². The third-order valence-electron chi connectivity index (χ3n) is 5.89. The van der Waals surface area contributed by atoms with Crippen LogP contribution >= 0.6 is 0 Å². The summed E-state index contributed by atoms with van der Waals surface area (Å²) in [6, 6.07) is 9.64. The molecule has 1 aromatic rings. The third-order valence-corrected chi connectivity index (χ3v) is 5.89. The Kier molecular flexibility index (Phi) is 17.0. The van der Waals surface area contributed by atoms with Crippen LogP contribution in [0.4, 0.5) is 0 Å². The molecule has 0 unspecified atom stereocenters. The number of rotatable bonds is 21. The molecule has 0 saturated heterocycles. The normalized spacial score (nSPS) is 10.9. The smallest absolute Gasteiger partial charge is 0.303 e. The zero-order chi connectivity index (χ0) is 21.7. The van der Waals surface area contributed by atoms with E-state index in [1.807, 2.05) is 30.3 Å². The van der Waals surface area contributed by atoms with Crippen LogP contribution in [-0.2, 0) is 4.79 Å². The Labute approximate surface area is 184 Å². The van der Waals surface area contributed by atoms with Crippen LogP contribution in [0.5, 0.6) is 0 Å². The summed E-state index contributed by atoms with van der Waals surface area (Å²) < 4.78 is 0. The minimum absolute atomic E-state index is 0.284. The second kappa shape index (κ2) is 19.3. The van der Waals surface area contributed by atoms with Crippen molar-refractivity contribution in [2.45, 2.75) is 122 Å². The van der Waals surface area contributed by atoms with Gasteiger partial charge in [-0.05, 0) is 12.8 Å². The zero-order valence-corrected chi connectivity index (χ0v) is 19.1. The molecule has 0 spiro atoms. The highest BCUT2D eigenvalue weighted by Gasteiger charge is 2.04. The third kappa shape index (κ3) is 16.2. The highest BCUT2D eigenvalue weighted by Crippen LogP contribution is 2.15. The summed E-state index contributed by atoms with van der Waals surface area (Å²) in [5.41, 5.74) is 0.852. The zero-order valence-electron chi connectivity index (χ0n) is 19.1.